The zero-order chi connectivity index (χ0) is 8.55. The van der Waals surface area contributed by atoms with Crippen molar-refractivity contribution >= 4 is 5.97 Å². The zero-order valence-electron chi connectivity index (χ0n) is 6.77. The van der Waals surface area contributed by atoms with Crippen LogP contribution in [0.3, 0.4) is 0 Å². The highest BCUT2D eigenvalue weighted by molar-refractivity contribution is 5.73. The molecule has 3 unspecified atom stereocenters. The van der Waals surface area contributed by atoms with Gasteiger partial charge in [-0.2, -0.15) is 0 Å². The van der Waals surface area contributed by atoms with Crippen LogP contribution in [0.15, 0.2) is 12.3 Å². The monoisotopic (exact) mass is 168 g/mol. The summed E-state index contributed by atoms with van der Waals surface area (Å²) in [4.78, 5) is 10.7. The summed E-state index contributed by atoms with van der Waals surface area (Å²) >= 11 is 0. The lowest BCUT2D eigenvalue weighted by atomic mass is 9.89. The minimum Gasteiger partial charge on any atom is -0.486 e. The van der Waals surface area contributed by atoms with Crippen LogP contribution in [0.25, 0.3) is 0 Å². The average Bonchev–Trinajstić information content (AvgIpc) is 2.49. The quantitative estimate of drug-likeness (QED) is 0.643. The summed E-state index contributed by atoms with van der Waals surface area (Å²) in [5.74, 6) is -0.163. The maximum atomic E-state index is 10.7. The predicted octanol–water partition coefficient (Wildman–Crippen LogP) is 1.40. The molecule has 2 rings (SSSR count). The van der Waals surface area contributed by atoms with E-state index in [1.165, 1.54) is 0 Å². The molecule has 1 N–H and O–H groups in total. The molecule has 0 aromatic rings. The van der Waals surface area contributed by atoms with Gasteiger partial charge in [-0.3, -0.25) is 0 Å². The van der Waals surface area contributed by atoms with Gasteiger partial charge in [0.25, 0.3) is 0 Å². The molecular weight excluding hydrogens is 156 g/mol. The van der Waals surface area contributed by atoms with E-state index in [4.69, 9.17) is 9.84 Å². The first-order chi connectivity index (χ1) is 5.79. The number of allylic oxidation sites excluding steroid dienone is 1. The Labute approximate surface area is 71.0 Å². The van der Waals surface area contributed by atoms with Gasteiger partial charge >= 0.3 is 5.97 Å². The summed E-state index contributed by atoms with van der Waals surface area (Å²) in [5, 5.41) is 8.83. The molecule has 1 aliphatic heterocycles. The zero-order valence-corrected chi connectivity index (χ0v) is 6.77. The van der Waals surface area contributed by atoms with Gasteiger partial charge in [-0.25, -0.2) is 4.79 Å². The molecule has 0 spiro atoms. The molecule has 1 saturated carbocycles. The van der Waals surface area contributed by atoms with Gasteiger partial charge < -0.3 is 9.84 Å². The molecule has 3 heteroatoms. The lowest BCUT2D eigenvalue weighted by molar-refractivity contribution is -0.151. The standard InChI is InChI=1S/C9H12O3/c10-9(11)8-7-3-1-2-6(7)4-5-12-8/h4-8H,1-3H2,(H,10,11). The van der Waals surface area contributed by atoms with Crippen LogP contribution in [0.5, 0.6) is 0 Å². The van der Waals surface area contributed by atoms with E-state index in [2.05, 4.69) is 0 Å². The first-order valence-corrected chi connectivity index (χ1v) is 4.34. The largest absolute Gasteiger partial charge is 0.486 e. The molecule has 0 saturated heterocycles. The Kier molecular flexibility index (Phi) is 1.79. The predicted molar refractivity (Wildman–Crippen MR) is 42.5 cm³/mol. The number of hydrogen-bond acceptors (Lipinski definition) is 2. The van der Waals surface area contributed by atoms with Crippen molar-refractivity contribution in [1.82, 2.24) is 0 Å². The van der Waals surface area contributed by atoms with Crippen molar-refractivity contribution in [3.05, 3.63) is 12.3 Å². The first-order valence-electron chi connectivity index (χ1n) is 4.34. The number of hydrogen-bond donors (Lipinski definition) is 1. The van der Waals surface area contributed by atoms with Crippen molar-refractivity contribution in [3.8, 4) is 0 Å². The number of aliphatic carboxylic acids is 1. The third-order valence-electron chi connectivity index (χ3n) is 2.81. The minimum atomic E-state index is -0.823. The van der Waals surface area contributed by atoms with Crippen molar-refractivity contribution in [2.45, 2.75) is 25.4 Å². The van der Waals surface area contributed by atoms with Crippen LogP contribution >= 0.6 is 0 Å². The number of fused-ring (bicyclic) bond motifs is 1. The minimum absolute atomic E-state index is 0.215. The topological polar surface area (TPSA) is 46.5 Å². The number of rotatable bonds is 1. The number of carbonyl (C=O) groups is 1. The van der Waals surface area contributed by atoms with Crippen molar-refractivity contribution < 1.29 is 14.6 Å². The van der Waals surface area contributed by atoms with Crippen LogP contribution in [-0.4, -0.2) is 17.2 Å². The molecule has 3 atom stereocenters. The van der Waals surface area contributed by atoms with Crippen LogP contribution in [0, 0.1) is 11.8 Å². The van der Waals surface area contributed by atoms with Crippen LogP contribution in [0.2, 0.25) is 0 Å². The highest BCUT2D eigenvalue weighted by atomic mass is 16.5. The second kappa shape index (κ2) is 2.81. The van der Waals surface area contributed by atoms with Crippen LogP contribution < -0.4 is 0 Å². The van der Waals surface area contributed by atoms with E-state index in [1.807, 2.05) is 6.08 Å². The van der Waals surface area contributed by atoms with Crippen molar-refractivity contribution in [2.24, 2.45) is 11.8 Å². The number of carboxylic acids is 1. The third-order valence-corrected chi connectivity index (χ3v) is 2.81. The fraction of sp³-hybridized carbons (Fsp3) is 0.667. The van der Waals surface area contributed by atoms with Gasteiger partial charge in [-0.15, -0.1) is 0 Å². The fourth-order valence-corrected chi connectivity index (χ4v) is 2.21. The Hall–Kier alpha value is -0.990. The van der Waals surface area contributed by atoms with E-state index in [0.29, 0.717) is 5.92 Å². The van der Waals surface area contributed by atoms with E-state index in [1.54, 1.807) is 6.26 Å². The molecule has 12 heavy (non-hydrogen) atoms. The maximum absolute atomic E-state index is 10.7. The summed E-state index contributed by atoms with van der Waals surface area (Å²) < 4.78 is 5.07. The molecule has 0 aromatic carbocycles. The Balaban J connectivity index is 2.16. The third kappa shape index (κ3) is 1.09. The number of carboxylic acid groups (broad SMARTS) is 1. The van der Waals surface area contributed by atoms with Gasteiger partial charge in [0, 0.05) is 5.92 Å². The molecule has 0 bridgehead atoms. The van der Waals surface area contributed by atoms with Crippen molar-refractivity contribution in [2.75, 3.05) is 0 Å². The van der Waals surface area contributed by atoms with E-state index in [-0.39, 0.29) is 5.92 Å². The van der Waals surface area contributed by atoms with Gasteiger partial charge in [0.15, 0.2) is 6.10 Å². The Morgan fingerprint density at radius 3 is 3.08 bits per heavy atom. The normalized spacial score (nSPS) is 38.8. The molecule has 3 nitrogen and oxygen atoms in total. The summed E-state index contributed by atoms with van der Waals surface area (Å²) in [7, 11) is 0. The van der Waals surface area contributed by atoms with Crippen molar-refractivity contribution in [3.63, 3.8) is 0 Å². The van der Waals surface area contributed by atoms with E-state index in [0.717, 1.165) is 19.3 Å². The lowest BCUT2D eigenvalue weighted by Gasteiger charge is -2.26. The second-order valence-corrected chi connectivity index (χ2v) is 3.48. The molecule has 2 aliphatic rings. The molecule has 1 aliphatic carbocycles. The van der Waals surface area contributed by atoms with E-state index < -0.39 is 12.1 Å². The fourth-order valence-electron chi connectivity index (χ4n) is 2.21. The second-order valence-electron chi connectivity index (χ2n) is 3.48. The van der Waals surface area contributed by atoms with Gasteiger partial charge in [0.2, 0.25) is 0 Å². The summed E-state index contributed by atoms with van der Waals surface area (Å²) in [6.45, 7) is 0. The van der Waals surface area contributed by atoms with E-state index in [9.17, 15) is 4.79 Å². The Morgan fingerprint density at radius 1 is 1.50 bits per heavy atom. The molecule has 0 amide bonds. The number of ether oxygens (including phenoxy) is 1. The molecular formula is C9H12O3. The van der Waals surface area contributed by atoms with E-state index >= 15 is 0 Å². The first kappa shape index (κ1) is 7.65. The Morgan fingerprint density at radius 2 is 2.33 bits per heavy atom. The highest BCUT2D eigenvalue weighted by Crippen LogP contribution is 2.38. The van der Waals surface area contributed by atoms with Gasteiger partial charge in [-0.05, 0) is 24.8 Å². The maximum Gasteiger partial charge on any atom is 0.345 e. The highest BCUT2D eigenvalue weighted by Gasteiger charge is 2.39. The molecule has 1 heterocycles. The van der Waals surface area contributed by atoms with Gasteiger partial charge in [0.05, 0.1) is 6.26 Å². The van der Waals surface area contributed by atoms with Crippen LogP contribution in [0.1, 0.15) is 19.3 Å². The summed E-state index contributed by atoms with van der Waals surface area (Å²) in [6, 6.07) is 0. The SMILES string of the molecule is O=C(O)C1OC=CC2CCCC21. The molecule has 0 aromatic heterocycles. The molecule has 0 radical (unpaired) electrons. The summed E-state index contributed by atoms with van der Waals surface area (Å²) in [6.07, 6.45) is 6.19. The van der Waals surface area contributed by atoms with Crippen LogP contribution in [0.4, 0.5) is 0 Å². The molecule has 66 valence electrons. The van der Waals surface area contributed by atoms with Crippen molar-refractivity contribution in [1.29, 1.82) is 0 Å². The molecule has 1 fully saturated rings. The Bertz CT molecular complexity index is 222. The smallest absolute Gasteiger partial charge is 0.345 e. The summed E-state index contributed by atoms with van der Waals surface area (Å²) in [5.41, 5.74) is 0. The van der Waals surface area contributed by atoms with Gasteiger partial charge in [-0.1, -0.05) is 6.42 Å². The van der Waals surface area contributed by atoms with Crippen LogP contribution in [-0.2, 0) is 9.53 Å². The van der Waals surface area contributed by atoms with Gasteiger partial charge in [0.1, 0.15) is 0 Å². The lowest BCUT2D eigenvalue weighted by Crippen LogP contribution is -2.35. The average molecular weight is 168 g/mol.